The van der Waals surface area contributed by atoms with Gasteiger partial charge in [-0.15, -0.1) is 0 Å². The van der Waals surface area contributed by atoms with Gasteiger partial charge in [-0.2, -0.15) is 5.10 Å². The number of hydrogen-bond acceptors (Lipinski definition) is 5. The van der Waals surface area contributed by atoms with E-state index in [1.54, 1.807) is 7.11 Å². The topological polar surface area (TPSA) is 46.1 Å². The van der Waals surface area contributed by atoms with Crippen molar-refractivity contribution in [3.05, 3.63) is 59.7 Å². The Bertz CT molecular complexity index is 806. The van der Waals surface area contributed by atoms with Gasteiger partial charge in [-0.1, -0.05) is 36.4 Å². The molecule has 1 fully saturated rings. The first-order valence-electron chi connectivity index (χ1n) is 9.67. The predicted molar refractivity (Wildman–Crippen MR) is 107 cm³/mol. The van der Waals surface area contributed by atoms with Crippen LogP contribution in [-0.4, -0.2) is 37.4 Å². The summed E-state index contributed by atoms with van der Waals surface area (Å²) >= 11 is 0. The molecule has 142 valence electrons. The standard InChI is InChI=1S/C22H27N3O2/c1-3-27-20-10-9-17(13-21(20)26-2)22-18-15-25(12-11-19(18)23-24-22)14-16-7-5-4-6-8-16/h4-10,13,18,22,24H,3,11-12,14-15H2,1-2H3. The summed E-state index contributed by atoms with van der Waals surface area (Å²) in [5, 5.41) is 4.64. The number of hydrazone groups is 1. The molecule has 2 aliphatic rings. The highest BCUT2D eigenvalue weighted by atomic mass is 16.5. The lowest BCUT2D eigenvalue weighted by Crippen LogP contribution is -2.41. The zero-order valence-electron chi connectivity index (χ0n) is 16.0. The van der Waals surface area contributed by atoms with Crippen LogP contribution in [0.5, 0.6) is 11.5 Å². The third-order valence-corrected chi connectivity index (χ3v) is 5.41. The maximum Gasteiger partial charge on any atom is 0.161 e. The van der Waals surface area contributed by atoms with Gasteiger partial charge in [0.05, 0.1) is 19.8 Å². The van der Waals surface area contributed by atoms with Crippen molar-refractivity contribution < 1.29 is 9.47 Å². The van der Waals surface area contributed by atoms with E-state index >= 15 is 0 Å². The molecule has 0 saturated carbocycles. The third kappa shape index (κ3) is 3.78. The molecule has 2 atom stereocenters. The van der Waals surface area contributed by atoms with Crippen molar-refractivity contribution >= 4 is 5.71 Å². The van der Waals surface area contributed by atoms with Gasteiger partial charge < -0.3 is 14.9 Å². The van der Waals surface area contributed by atoms with Crippen LogP contribution in [0, 0.1) is 5.92 Å². The van der Waals surface area contributed by atoms with Gasteiger partial charge in [-0.3, -0.25) is 4.90 Å². The van der Waals surface area contributed by atoms with Crippen molar-refractivity contribution in [3.8, 4) is 11.5 Å². The lowest BCUT2D eigenvalue weighted by Gasteiger charge is -2.33. The third-order valence-electron chi connectivity index (χ3n) is 5.41. The van der Waals surface area contributed by atoms with Crippen molar-refractivity contribution in [3.63, 3.8) is 0 Å². The molecular weight excluding hydrogens is 338 g/mol. The monoisotopic (exact) mass is 365 g/mol. The van der Waals surface area contributed by atoms with E-state index in [0.717, 1.165) is 37.6 Å². The van der Waals surface area contributed by atoms with E-state index in [9.17, 15) is 0 Å². The predicted octanol–water partition coefficient (Wildman–Crippen LogP) is 3.62. The number of benzene rings is 2. The van der Waals surface area contributed by atoms with Crippen LogP contribution in [0.25, 0.3) is 0 Å². The number of likely N-dealkylation sites (tertiary alicyclic amines) is 1. The number of nitrogens with one attached hydrogen (secondary N) is 1. The van der Waals surface area contributed by atoms with Crippen molar-refractivity contribution in [1.29, 1.82) is 0 Å². The average molecular weight is 365 g/mol. The van der Waals surface area contributed by atoms with Gasteiger partial charge in [0.2, 0.25) is 0 Å². The van der Waals surface area contributed by atoms with E-state index < -0.39 is 0 Å². The maximum atomic E-state index is 5.65. The van der Waals surface area contributed by atoms with Crippen molar-refractivity contribution in [2.24, 2.45) is 11.0 Å². The molecule has 4 rings (SSSR count). The molecule has 2 aromatic carbocycles. The Hall–Kier alpha value is -2.53. The minimum absolute atomic E-state index is 0.183. The van der Waals surface area contributed by atoms with Gasteiger partial charge in [-0.05, 0) is 30.2 Å². The Balaban J connectivity index is 1.50. The van der Waals surface area contributed by atoms with Crippen molar-refractivity contribution in [2.75, 3.05) is 26.8 Å². The van der Waals surface area contributed by atoms with Gasteiger partial charge in [0, 0.05) is 37.7 Å². The molecule has 2 aliphatic heterocycles. The van der Waals surface area contributed by atoms with E-state index in [-0.39, 0.29) is 6.04 Å². The summed E-state index contributed by atoms with van der Waals surface area (Å²) in [6.45, 7) is 5.67. The summed E-state index contributed by atoms with van der Waals surface area (Å²) in [7, 11) is 1.69. The highest BCUT2D eigenvalue weighted by Gasteiger charge is 2.37. The lowest BCUT2D eigenvalue weighted by molar-refractivity contribution is 0.220. The molecule has 0 amide bonds. The molecule has 0 bridgehead atoms. The van der Waals surface area contributed by atoms with Crippen LogP contribution in [0.15, 0.2) is 53.6 Å². The fraction of sp³-hybridized carbons (Fsp3) is 0.409. The summed E-state index contributed by atoms with van der Waals surface area (Å²) in [5.41, 5.74) is 7.22. The molecule has 2 aromatic rings. The number of rotatable bonds is 6. The Morgan fingerprint density at radius 2 is 2.00 bits per heavy atom. The minimum atomic E-state index is 0.183. The number of ether oxygens (including phenoxy) is 2. The second kappa shape index (κ2) is 8.01. The Morgan fingerprint density at radius 1 is 1.15 bits per heavy atom. The van der Waals surface area contributed by atoms with E-state index in [0.29, 0.717) is 12.5 Å². The van der Waals surface area contributed by atoms with E-state index in [1.807, 2.05) is 13.0 Å². The number of methoxy groups -OCH3 is 1. The summed E-state index contributed by atoms with van der Waals surface area (Å²) in [4.78, 5) is 2.53. The van der Waals surface area contributed by atoms with Gasteiger partial charge in [0.25, 0.3) is 0 Å². The molecule has 2 heterocycles. The van der Waals surface area contributed by atoms with Gasteiger partial charge >= 0.3 is 0 Å². The summed E-state index contributed by atoms with van der Waals surface area (Å²) in [5.74, 6) is 1.96. The maximum absolute atomic E-state index is 5.65. The molecule has 0 aromatic heterocycles. The van der Waals surface area contributed by atoms with Gasteiger partial charge in [0.1, 0.15) is 0 Å². The van der Waals surface area contributed by atoms with E-state index in [1.165, 1.54) is 16.8 Å². The molecule has 5 nitrogen and oxygen atoms in total. The Kier molecular flexibility index (Phi) is 5.30. The van der Waals surface area contributed by atoms with Crippen molar-refractivity contribution in [2.45, 2.75) is 25.9 Å². The molecule has 0 radical (unpaired) electrons. The van der Waals surface area contributed by atoms with Crippen LogP contribution in [0.4, 0.5) is 0 Å². The molecule has 5 heteroatoms. The van der Waals surface area contributed by atoms with Crippen LogP contribution >= 0.6 is 0 Å². The first kappa shape index (κ1) is 17.9. The van der Waals surface area contributed by atoms with Gasteiger partial charge in [0.15, 0.2) is 11.5 Å². The zero-order valence-corrected chi connectivity index (χ0v) is 16.0. The fourth-order valence-electron chi connectivity index (χ4n) is 4.06. The van der Waals surface area contributed by atoms with E-state index in [2.05, 4.69) is 57.9 Å². The number of nitrogens with zero attached hydrogens (tertiary/aromatic N) is 2. The van der Waals surface area contributed by atoms with Crippen LogP contribution in [0.2, 0.25) is 0 Å². The van der Waals surface area contributed by atoms with Crippen LogP contribution < -0.4 is 14.9 Å². The minimum Gasteiger partial charge on any atom is -0.493 e. The normalized spacial score (nSPS) is 21.9. The second-order valence-corrected chi connectivity index (χ2v) is 7.13. The summed E-state index contributed by atoms with van der Waals surface area (Å²) in [6, 6.07) is 17.1. The van der Waals surface area contributed by atoms with Crippen LogP contribution in [0.1, 0.15) is 30.5 Å². The smallest absolute Gasteiger partial charge is 0.161 e. The molecule has 2 unspecified atom stereocenters. The summed E-state index contributed by atoms with van der Waals surface area (Å²) < 4.78 is 11.2. The van der Waals surface area contributed by atoms with Crippen molar-refractivity contribution in [1.82, 2.24) is 10.3 Å². The SMILES string of the molecule is CCOc1ccc(C2NN=C3CCN(Cc4ccccc4)CC32)cc1OC. The number of fused-ring (bicyclic) bond motifs is 1. The average Bonchev–Trinajstić information content (AvgIpc) is 3.12. The molecular formula is C22H27N3O2. The second-order valence-electron chi connectivity index (χ2n) is 7.13. The molecule has 1 N–H and O–H groups in total. The zero-order chi connectivity index (χ0) is 18.6. The fourth-order valence-corrected chi connectivity index (χ4v) is 4.06. The Labute approximate surface area is 161 Å². The quantitative estimate of drug-likeness (QED) is 0.849. The lowest BCUT2D eigenvalue weighted by atomic mass is 9.86. The van der Waals surface area contributed by atoms with E-state index in [4.69, 9.17) is 9.47 Å². The van der Waals surface area contributed by atoms with Crippen LogP contribution in [0.3, 0.4) is 0 Å². The number of piperidine rings is 1. The van der Waals surface area contributed by atoms with Crippen LogP contribution in [-0.2, 0) is 6.54 Å². The number of hydrogen-bond donors (Lipinski definition) is 1. The highest BCUT2D eigenvalue weighted by molar-refractivity contribution is 5.90. The first-order valence-corrected chi connectivity index (χ1v) is 9.67. The summed E-state index contributed by atoms with van der Waals surface area (Å²) in [6.07, 6.45) is 1.02. The molecule has 1 saturated heterocycles. The first-order chi connectivity index (χ1) is 13.3. The molecule has 0 spiro atoms. The molecule has 0 aliphatic carbocycles. The largest absolute Gasteiger partial charge is 0.493 e. The highest BCUT2D eigenvalue weighted by Crippen LogP contribution is 2.37. The molecule has 27 heavy (non-hydrogen) atoms. The Morgan fingerprint density at radius 3 is 2.78 bits per heavy atom. The van der Waals surface area contributed by atoms with Gasteiger partial charge in [-0.25, -0.2) is 0 Å².